The van der Waals surface area contributed by atoms with Gasteiger partial charge >= 0.3 is 0 Å². The lowest BCUT2D eigenvalue weighted by atomic mass is 10.2. The SMILES string of the molecule is CCCc1nccn1Cc1cccc(CNCC)n1. The summed E-state index contributed by atoms with van der Waals surface area (Å²) >= 11 is 0. The Morgan fingerprint density at radius 3 is 2.84 bits per heavy atom. The summed E-state index contributed by atoms with van der Waals surface area (Å²) in [6, 6.07) is 6.21. The molecule has 0 saturated carbocycles. The highest BCUT2D eigenvalue weighted by atomic mass is 15.1. The Hall–Kier alpha value is -1.68. The van der Waals surface area contributed by atoms with Crippen LogP contribution in [0, 0.1) is 0 Å². The van der Waals surface area contributed by atoms with Crippen molar-refractivity contribution in [2.45, 2.75) is 39.8 Å². The molecule has 0 atom stereocenters. The highest BCUT2D eigenvalue weighted by Gasteiger charge is 2.04. The summed E-state index contributed by atoms with van der Waals surface area (Å²) in [6.45, 7) is 6.88. The van der Waals surface area contributed by atoms with Crippen LogP contribution in [0.2, 0.25) is 0 Å². The van der Waals surface area contributed by atoms with E-state index in [1.54, 1.807) is 0 Å². The van der Waals surface area contributed by atoms with Gasteiger partial charge in [-0.1, -0.05) is 19.9 Å². The van der Waals surface area contributed by atoms with Crippen LogP contribution in [0.3, 0.4) is 0 Å². The zero-order valence-electron chi connectivity index (χ0n) is 11.8. The van der Waals surface area contributed by atoms with Gasteiger partial charge in [0, 0.05) is 25.4 Å². The second-order valence-corrected chi connectivity index (χ2v) is 4.62. The van der Waals surface area contributed by atoms with E-state index in [1.165, 1.54) is 0 Å². The molecule has 0 aromatic carbocycles. The van der Waals surface area contributed by atoms with Gasteiger partial charge < -0.3 is 9.88 Å². The quantitative estimate of drug-likeness (QED) is 0.829. The van der Waals surface area contributed by atoms with Crippen LogP contribution in [0.4, 0.5) is 0 Å². The fraction of sp³-hybridized carbons (Fsp3) is 0.467. The molecule has 2 aromatic heterocycles. The largest absolute Gasteiger partial charge is 0.329 e. The molecule has 4 nitrogen and oxygen atoms in total. The lowest BCUT2D eigenvalue weighted by molar-refractivity contribution is 0.675. The van der Waals surface area contributed by atoms with Crippen LogP contribution in [0.5, 0.6) is 0 Å². The van der Waals surface area contributed by atoms with E-state index < -0.39 is 0 Å². The fourth-order valence-corrected chi connectivity index (χ4v) is 2.08. The average Bonchev–Trinajstić information content (AvgIpc) is 2.85. The maximum Gasteiger partial charge on any atom is 0.108 e. The summed E-state index contributed by atoms with van der Waals surface area (Å²) in [5.74, 6) is 1.14. The molecule has 2 heterocycles. The smallest absolute Gasteiger partial charge is 0.108 e. The first kappa shape index (κ1) is 13.7. The zero-order chi connectivity index (χ0) is 13.5. The Labute approximate surface area is 114 Å². The second kappa shape index (κ2) is 7.04. The third kappa shape index (κ3) is 3.89. The molecule has 0 radical (unpaired) electrons. The Morgan fingerprint density at radius 2 is 2.05 bits per heavy atom. The average molecular weight is 258 g/mol. The van der Waals surface area contributed by atoms with E-state index in [-0.39, 0.29) is 0 Å². The van der Waals surface area contributed by atoms with Crippen LogP contribution in [-0.2, 0) is 19.5 Å². The molecule has 19 heavy (non-hydrogen) atoms. The molecule has 4 heteroatoms. The minimum Gasteiger partial charge on any atom is -0.329 e. The minimum atomic E-state index is 0.801. The number of aryl methyl sites for hydroxylation is 1. The van der Waals surface area contributed by atoms with Gasteiger partial charge in [0.1, 0.15) is 5.82 Å². The zero-order valence-corrected chi connectivity index (χ0v) is 11.8. The van der Waals surface area contributed by atoms with Crippen LogP contribution in [0.15, 0.2) is 30.6 Å². The predicted molar refractivity (Wildman–Crippen MR) is 76.9 cm³/mol. The lowest BCUT2D eigenvalue weighted by Gasteiger charge is -2.08. The topological polar surface area (TPSA) is 42.7 Å². The predicted octanol–water partition coefficient (Wildman–Crippen LogP) is 2.39. The van der Waals surface area contributed by atoms with E-state index in [0.29, 0.717) is 0 Å². The highest BCUT2D eigenvalue weighted by molar-refractivity contribution is 5.12. The summed E-state index contributed by atoms with van der Waals surface area (Å²) < 4.78 is 2.18. The molecule has 102 valence electrons. The summed E-state index contributed by atoms with van der Waals surface area (Å²) in [5.41, 5.74) is 2.18. The molecular weight excluding hydrogens is 236 g/mol. The number of rotatable bonds is 7. The van der Waals surface area contributed by atoms with Crippen LogP contribution in [0.1, 0.15) is 37.5 Å². The van der Waals surface area contributed by atoms with Gasteiger partial charge in [-0.05, 0) is 25.1 Å². The summed E-state index contributed by atoms with van der Waals surface area (Å²) in [5, 5.41) is 3.30. The molecule has 0 aliphatic carbocycles. The number of hydrogen-bond donors (Lipinski definition) is 1. The van der Waals surface area contributed by atoms with Crippen LogP contribution < -0.4 is 5.32 Å². The van der Waals surface area contributed by atoms with Gasteiger partial charge in [-0.25, -0.2) is 4.98 Å². The van der Waals surface area contributed by atoms with Crippen molar-refractivity contribution in [3.05, 3.63) is 47.8 Å². The maximum absolute atomic E-state index is 4.68. The number of imidazole rings is 1. The molecule has 1 N–H and O–H groups in total. The van der Waals surface area contributed by atoms with Gasteiger partial charge in [-0.2, -0.15) is 0 Å². The van der Waals surface area contributed by atoms with E-state index in [2.05, 4.69) is 51.9 Å². The molecule has 0 unspecified atom stereocenters. The van der Waals surface area contributed by atoms with Crippen molar-refractivity contribution >= 4 is 0 Å². The Morgan fingerprint density at radius 1 is 1.21 bits per heavy atom. The van der Waals surface area contributed by atoms with Gasteiger partial charge in [0.2, 0.25) is 0 Å². The third-order valence-corrected chi connectivity index (χ3v) is 3.03. The Balaban J connectivity index is 2.07. The van der Waals surface area contributed by atoms with Crippen LogP contribution in [-0.4, -0.2) is 21.1 Å². The van der Waals surface area contributed by atoms with Gasteiger partial charge in [0.25, 0.3) is 0 Å². The summed E-state index contributed by atoms with van der Waals surface area (Å²) in [7, 11) is 0. The van der Waals surface area contributed by atoms with E-state index in [1.807, 2.05) is 12.4 Å². The molecule has 0 aliphatic heterocycles. The lowest BCUT2D eigenvalue weighted by Crippen LogP contribution is -2.14. The standard InChI is InChI=1S/C15H22N4/c1-3-6-15-17-9-10-19(15)12-14-8-5-7-13(18-14)11-16-4-2/h5,7-10,16H,3-4,6,11-12H2,1-2H3. The van der Waals surface area contributed by atoms with E-state index in [0.717, 1.165) is 49.7 Å². The Bertz CT molecular complexity index is 504. The monoisotopic (exact) mass is 258 g/mol. The fourth-order valence-electron chi connectivity index (χ4n) is 2.08. The first-order valence-electron chi connectivity index (χ1n) is 6.99. The van der Waals surface area contributed by atoms with Crippen molar-refractivity contribution in [2.24, 2.45) is 0 Å². The number of nitrogens with zero attached hydrogens (tertiary/aromatic N) is 3. The molecule has 0 aliphatic rings. The molecule has 0 amide bonds. The van der Waals surface area contributed by atoms with Crippen molar-refractivity contribution in [3.63, 3.8) is 0 Å². The Kier molecular flexibility index (Phi) is 5.10. The van der Waals surface area contributed by atoms with E-state index >= 15 is 0 Å². The van der Waals surface area contributed by atoms with Gasteiger partial charge in [-0.15, -0.1) is 0 Å². The summed E-state index contributed by atoms with van der Waals surface area (Å²) in [4.78, 5) is 9.07. The summed E-state index contributed by atoms with van der Waals surface area (Å²) in [6.07, 6.45) is 6.03. The second-order valence-electron chi connectivity index (χ2n) is 4.62. The normalized spacial score (nSPS) is 10.8. The first-order valence-corrected chi connectivity index (χ1v) is 6.99. The number of hydrogen-bond acceptors (Lipinski definition) is 3. The third-order valence-electron chi connectivity index (χ3n) is 3.03. The first-order chi connectivity index (χ1) is 9.33. The van der Waals surface area contributed by atoms with Gasteiger partial charge in [0.05, 0.1) is 17.9 Å². The van der Waals surface area contributed by atoms with Crippen LogP contribution in [0.25, 0.3) is 0 Å². The van der Waals surface area contributed by atoms with Gasteiger partial charge in [0.15, 0.2) is 0 Å². The van der Waals surface area contributed by atoms with Crippen molar-refractivity contribution in [1.82, 2.24) is 19.9 Å². The van der Waals surface area contributed by atoms with Crippen molar-refractivity contribution < 1.29 is 0 Å². The maximum atomic E-state index is 4.68. The molecule has 2 rings (SSSR count). The molecular formula is C15H22N4. The van der Waals surface area contributed by atoms with E-state index in [4.69, 9.17) is 0 Å². The van der Waals surface area contributed by atoms with Gasteiger partial charge in [-0.3, -0.25) is 4.98 Å². The highest BCUT2D eigenvalue weighted by Crippen LogP contribution is 2.06. The minimum absolute atomic E-state index is 0.801. The van der Waals surface area contributed by atoms with Crippen molar-refractivity contribution in [1.29, 1.82) is 0 Å². The molecule has 0 saturated heterocycles. The van der Waals surface area contributed by atoms with E-state index in [9.17, 15) is 0 Å². The number of nitrogens with one attached hydrogen (secondary N) is 1. The number of pyridine rings is 1. The molecule has 0 bridgehead atoms. The van der Waals surface area contributed by atoms with Crippen LogP contribution >= 0.6 is 0 Å². The van der Waals surface area contributed by atoms with Crippen molar-refractivity contribution in [3.8, 4) is 0 Å². The number of aromatic nitrogens is 3. The van der Waals surface area contributed by atoms with Crippen molar-refractivity contribution in [2.75, 3.05) is 6.54 Å². The molecule has 0 spiro atoms. The molecule has 0 fully saturated rings. The molecule has 2 aromatic rings.